The molecule has 1 aromatic heterocycles. The topological polar surface area (TPSA) is 82.5 Å². The van der Waals surface area contributed by atoms with Crippen LogP contribution in [0.5, 0.6) is 0 Å². The summed E-state index contributed by atoms with van der Waals surface area (Å²) < 4.78 is 7.61. The first-order valence-electron chi connectivity index (χ1n) is 8.92. The number of fused-ring (bicyclic) bond motifs is 3. The minimum atomic E-state index is -0.369. The summed E-state index contributed by atoms with van der Waals surface area (Å²) in [6, 6.07) is 7.74. The van der Waals surface area contributed by atoms with Crippen LogP contribution in [0.3, 0.4) is 0 Å². The molecule has 0 amide bonds. The predicted molar refractivity (Wildman–Crippen MR) is 91.5 cm³/mol. The van der Waals surface area contributed by atoms with Gasteiger partial charge in [0.05, 0.1) is 5.52 Å². The number of aryl methyl sites for hydroxylation is 1. The fourth-order valence-corrected chi connectivity index (χ4v) is 4.92. The highest BCUT2D eigenvalue weighted by molar-refractivity contribution is 6.02. The van der Waals surface area contributed by atoms with Crippen molar-refractivity contribution in [3.05, 3.63) is 35.2 Å². The van der Waals surface area contributed by atoms with Crippen molar-refractivity contribution in [3.63, 3.8) is 0 Å². The highest BCUT2D eigenvalue weighted by Gasteiger charge is 2.48. The first kappa shape index (κ1) is 15.3. The Morgan fingerprint density at radius 2 is 2.16 bits per heavy atom. The van der Waals surface area contributed by atoms with E-state index in [1.54, 1.807) is 4.68 Å². The second-order valence-electron chi connectivity index (χ2n) is 7.57. The van der Waals surface area contributed by atoms with Crippen LogP contribution in [0, 0.1) is 17.0 Å². The largest absolute Gasteiger partial charge is 0.784 e. The second kappa shape index (κ2) is 5.52. The molecular formula is C18H21N4O3-. The van der Waals surface area contributed by atoms with E-state index in [1.807, 2.05) is 31.3 Å². The Kier molecular flexibility index (Phi) is 3.38. The molecule has 0 spiro atoms. The monoisotopic (exact) mass is 341 g/mol. The highest BCUT2D eigenvalue weighted by Crippen LogP contribution is 2.42. The number of nitrogens with one attached hydrogen (secondary N) is 1. The Hall–Kier alpha value is -1.96. The lowest BCUT2D eigenvalue weighted by molar-refractivity contribution is -0.0187. The predicted octanol–water partition coefficient (Wildman–Crippen LogP) is 1.63. The molecule has 7 nitrogen and oxygen atoms in total. The van der Waals surface area contributed by atoms with Crippen LogP contribution in [0.15, 0.2) is 24.3 Å². The maximum atomic E-state index is 12.8. The number of hydroxylamine groups is 2. The number of hydrogen-bond acceptors (Lipinski definition) is 6. The molecule has 5 unspecified atom stereocenters. The first-order valence-corrected chi connectivity index (χ1v) is 8.92. The highest BCUT2D eigenvalue weighted by atomic mass is 16.5. The molecule has 25 heavy (non-hydrogen) atoms. The van der Waals surface area contributed by atoms with Gasteiger partial charge in [-0.25, -0.2) is 4.79 Å². The van der Waals surface area contributed by atoms with Crippen LogP contribution < -0.4 is 5.32 Å². The van der Waals surface area contributed by atoms with E-state index in [4.69, 9.17) is 4.74 Å². The number of esters is 1. The van der Waals surface area contributed by atoms with E-state index in [-0.39, 0.29) is 30.2 Å². The summed E-state index contributed by atoms with van der Waals surface area (Å²) in [5.74, 6) is 0.331. The lowest BCUT2D eigenvalue weighted by Gasteiger charge is -2.48. The smallest absolute Gasteiger partial charge is 0.359 e. The van der Waals surface area contributed by atoms with Gasteiger partial charge in [0.25, 0.3) is 0 Å². The molecule has 4 bridgehead atoms. The van der Waals surface area contributed by atoms with Crippen LogP contribution in [0.2, 0.25) is 0 Å². The molecule has 0 radical (unpaired) electrons. The molecule has 5 aliphatic rings. The maximum absolute atomic E-state index is 12.8. The number of aromatic nitrogens is 2. The van der Waals surface area contributed by atoms with Gasteiger partial charge in [0, 0.05) is 24.6 Å². The summed E-state index contributed by atoms with van der Waals surface area (Å²) in [6.45, 7) is 0.541. The van der Waals surface area contributed by atoms with E-state index in [2.05, 4.69) is 10.4 Å². The van der Waals surface area contributed by atoms with Crippen LogP contribution in [0.1, 0.15) is 29.8 Å². The van der Waals surface area contributed by atoms with Crippen LogP contribution in [0.4, 0.5) is 0 Å². The maximum Gasteiger partial charge on any atom is 0.359 e. The van der Waals surface area contributed by atoms with Gasteiger partial charge < -0.3 is 15.0 Å². The number of benzene rings is 1. The molecule has 132 valence electrons. The van der Waals surface area contributed by atoms with Crippen molar-refractivity contribution in [1.29, 1.82) is 0 Å². The number of para-hydroxylation sites is 1. The molecule has 1 aliphatic carbocycles. The second-order valence-corrected chi connectivity index (χ2v) is 7.57. The van der Waals surface area contributed by atoms with Gasteiger partial charge in [-0.3, -0.25) is 10.00 Å². The lowest BCUT2D eigenvalue weighted by Crippen LogP contribution is -2.60. The number of nitrogens with zero attached hydrogens (tertiary/aromatic N) is 3. The Morgan fingerprint density at radius 3 is 3.04 bits per heavy atom. The zero-order valence-electron chi connectivity index (χ0n) is 14.1. The number of carbonyl (C=O) groups is 1. The summed E-state index contributed by atoms with van der Waals surface area (Å²) in [5.41, 5.74) is 1.28. The van der Waals surface area contributed by atoms with Gasteiger partial charge in [-0.05, 0) is 43.7 Å². The molecule has 5 heterocycles. The fourth-order valence-electron chi connectivity index (χ4n) is 4.92. The molecule has 2 aromatic rings. The molecule has 4 saturated heterocycles. The van der Waals surface area contributed by atoms with E-state index < -0.39 is 0 Å². The molecule has 4 aliphatic heterocycles. The van der Waals surface area contributed by atoms with Crippen LogP contribution >= 0.6 is 0 Å². The molecule has 5 fully saturated rings. The van der Waals surface area contributed by atoms with Crippen molar-refractivity contribution in [2.24, 2.45) is 18.9 Å². The summed E-state index contributed by atoms with van der Waals surface area (Å²) >= 11 is 0. The molecule has 1 aromatic carbocycles. The van der Waals surface area contributed by atoms with E-state index >= 15 is 0 Å². The molecule has 7 rings (SSSR count). The van der Waals surface area contributed by atoms with Gasteiger partial charge in [-0.1, -0.05) is 18.2 Å². The number of rotatable bonds is 2. The Labute approximate surface area is 145 Å². The quantitative estimate of drug-likeness (QED) is 0.836. The number of carbonyl (C=O) groups excluding carboxylic acids is 1. The standard InChI is InChI=1S/C18H21N4O3/c1-21-13-5-3-2-4-12(13)17(20-21)18(23)25-14-7-10-6-11-9-22(24)15(8-10)19-16(11)14/h2-5,10-11,14-16,19H,6-9H2,1H3/q-1. The van der Waals surface area contributed by atoms with Gasteiger partial charge in [0.2, 0.25) is 0 Å². The van der Waals surface area contributed by atoms with Gasteiger partial charge in [0.1, 0.15) is 6.10 Å². The molecule has 1 N–H and O–H groups in total. The van der Waals surface area contributed by atoms with Crippen molar-refractivity contribution < 1.29 is 9.53 Å². The van der Waals surface area contributed by atoms with Crippen molar-refractivity contribution in [2.45, 2.75) is 37.6 Å². The SMILES string of the molecule is Cn1nc(C(=O)OC2CC3CC4CN([O-])C(C3)NC42)c2ccccc21. The molecule has 7 heteroatoms. The Bertz CT molecular complexity index is 833. The van der Waals surface area contributed by atoms with Gasteiger partial charge >= 0.3 is 5.97 Å². The summed E-state index contributed by atoms with van der Waals surface area (Å²) in [7, 11) is 1.83. The lowest BCUT2D eigenvalue weighted by atomic mass is 9.77. The van der Waals surface area contributed by atoms with Gasteiger partial charge in [-0.15, -0.1) is 0 Å². The van der Waals surface area contributed by atoms with Crippen LogP contribution in [-0.4, -0.2) is 45.7 Å². The first-order chi connectivity index (χ1) is 12.1. The minimum Gasteiger partial charge on any atom is -0.784 e. The Balaban J connectivity index is 1.41. The zero-order valence-corrected chi connectivity index (χ0v) is 14.1. The Morgan fingerprint density at radius 1 is 1.32 bits per heavy atom. The van der Waals surface area contributed by atoms with Gasteiger partial charge in [-0.2, -0.15) is 5.10 Å². The van der Waals surface area contributed by atoms with E-state index in [0.717, 1.165) is 35.2 Å². The third kappa shape index (κ3) is 2.38. The van der Waals surface area contributed by atoms with Crippen molar-refractivity contribution >= 4 is 16.9 Å². The normalized spacial score (nSPS) is 34.4. The van der Waals surface area contributed by atoms with Gasteiger partial charge in [0.15, 0.2) is 5.69 Å². The molecule has 5 atom stereocenters. The summed E-state index contributed by atoms with van der Waals surface area (Å²) in [5, 5.41) is 21.8. The average Bonchev–Trinajstić information content (AvgIpc) is 2.72. The third-order valence-electron chi connectivity index (χ3n) is 6.02. The summed E-state index contributed by atoms with van der Waals surface area (Å²) in [6.07, 6.45) is 2.41. The minimum absolute atomic E-state index is 0.0767. The number of ether oxygens (including phenoxy) is 1. The molecule has 1 saturated carbocycles. The fraction of sp³-hybridized carbons (Fsp3) is 0.556. The van der Waals surface area contributed by atoms with Crippen molar-refractivity contribution in [3.8, 4) is 0 Å². The third-order valence-corrected chi connectivity index (χ3v) is 6.02. The van der Waals surface area contributed by atoms with Crippen LogP contribution in [0.25, 0.3) is 10.9 Å². The molecular weight excluding hydrogens is 320 g/mol. The zero-order chi connectivity index (χ0) is 17.1. The van der Waals surface area contributed by atoms with E-state index in [0.29, 0.717) is 18.2 Å². The van der Waals surface area contributed by atoms with E-state index in [1.165, 1.54) is 0 Å². The van der Waals surface area contributed by atoms with Crippen molar-refractivity contribution in [1.82, 2.24) is 20.2 Å². The van der Waals surface area contributed by atoms with E-state index in [9.17, 15) is 10.0 Å². The van der Waals surface area contributed by atoms with Crippen molar-refractivity contribution in [2.75, 3.05) is 6.54 Å². The average molecular weight is 341 g/mol. The van der Waals surface area contributed by atoms with Crippen LogP contribution in [-0.2, 0) is 11.8 Å². The summed E-state index contributed by atoms with van der Waals surface area (Å²) in [4.78, 5) is 12.8. The number of hydrogen-bond donors (Lipinski definition) is 1.